The number of hydrogen-bond donors (Lipinski definition) is 1. The number of rotatable bonds is 2. The van der Waals surface area contributed by atoms with E-state index in [1.165, 1.54) is 38.8 Å². The number of ketones is 2. The molecule has 4 nitrogen and oxygen atoms in total. The predicted octanol–water partition coefficient (Wildman–Crippen LogP) is 10.5. The highest BCUT2D eigenvalue weighted by Gasteiger charge is 2.27. The molecule has 0 spiro atoms. The van der Waals surface area contributed by atoms with E-state index < -0.39 is 0 Å². The topological polar surface area (TPSA) is 73.1 Å². The van der Waals surface area contributed by atoms with E-state index in [0.29, 0.717) is 11.3 Å². The minimum atomic E-state index is 0.0405. The lowest BCUT2D eigenvalue weighted by atomic mass is 10.0. The fraction of sp³-hybridized carbons (Fsp3) is 0.0682. The SMILES string of the molecule is CC(=O)c1cccc(C)c1.Cc1cccc(-c2cc3c4c(cccc4n2)-c2ccccc2-3)c1.Nc1cccc2c1C(=O)c1ccccc1-2. The average molecular weight is 623 g/mol. The number of carbonyl (C=O) groups is 2. The van der Waals surface area contributed by atoms with Gasteiger partial charge in [-0.3, -0.25) is 9.59 Å². The molecule has 0 amide bonds. The lowest BCUT2D eigenvalue weighted by Crippen LogP contribution is -1.99. The van der Waals surface area contributed by atoms with Crippen molar-refractivity contribution in [3.63, 3.8) is 0 Å². The van der Waals surface area contributed by atoms with Gasteiger partial charge in [0.1, 0.15) is 0 Å². The maximum atomic E-state index is 12.0. The smallest absolute Gasteiger partial charge is 0.196 e. The molecule has 0 aliphatic heterocycles. The normalized spacial score (nSPS) is 11.4. The molecule has 0 unspecified atom stereocenters. The predicted molar refractivity (Wildman–Crippen MR) is 197 cm³/mol. The number of anilines is 1. The zero-order valence-electron chi connectivity index (χ0n) is 27.1. The monoisotopic (exact) mass is 622 g/mol. The van der Waals surface area contributed by atoms with Gasteiger partial charge in [-0.1, -0.05) is 120 Å². The molecule has 2 aliphatic carbocycles. The van der Waals surface area contributed by atoms with Gasteiger partial charge < -0.3 is 5.73 Å². The van der Waals surface area contributed by atoms with Crippen LogP contribution in [0, 0.1) is 13.8 Å². The van der Waals surface area contributed by atoms with Gasteiger partial charge in [-0.05, 0) is 84.5 Å². The third-order valence-electron chi connectivity index (χ3n) is 8.87. The fourth-order valence-corrected chi connectivity index (χ4v) is 6.59. The number of nitrogen functional groups attached to an aromatic ring is 1. The van der Waals surface area contributed by atoms with Crippen LogP contribution in [0.3, 0.4) is 0 Å². The number of pyridine rings is 1. The lowest BCUT2D eigenvalue weighted by Gasteiger charge is -2.07. The van der Waals surface area contributed by atoms with Crippen LogP contribution >= 0.6 is 0 Å². The molecule has 0 saturated heterocycles. The second kappa shape index (κ2) is 12.6. The van der Waals surface area contributed by atoms with Crippen molar-refractivity contribution < 1.29 is 9.59 Å². The highest BCUT2D eigenvalue weighted by molar-refractivity contribution is 6.24. The largest absolute Gasteiger partial charge is 0.398 e. The Kier molecular flexibility index (Phi) is 8.00. The van der Waals surface area contributed by atoms with E-state index in [2.05, 4.69) is 79.7 Å². The molecule has 48 heavy (non-hydrogen) atoms. The van der Waals surface area contributed by atoms with Gasteiger partial charge in [0, 0.05) is 27.8 Å². The highest BCUT2D eigenvalue weighted by Crippen LogP contribution is 2.47. The lowest BCUT2D eigenvalue weighted by molar-refractivity contribution is 0.101. The van der Waals surface area contributed by atoms with E-state index in [1.807, 2.05) is 67.6 Å². The quantitative estimate of drug-likeness (QED) is 0.154. The number of fused-ring (bicyclic) bond motifs is 6. The Hall–Kier alpha value is -6.13. The molecule has 1 heterocycles. The van der Waals surface area contributed by atoms with Gasteiger partial charge in [0.15, 0.2) is 11.6 Å². The molecule has 2 N–H and O–H groups in total. The molecule has 0 radical (unpaired) electrons. The van der Waals surface area contributed by atoms with Crippen LogP contribution in [-0.2, 0) is 0 Å². The van der Waals surface area contributed by atoms with Crippen LogP contribution in [0.5, 0.6) is 0 Å². The van der Waals surface area contributed by atoms with Crippen LogP contribution in [0.25, 0.3) is 55.5 Å². The molecule has 9 rings (SSSR count). The molecule has 0 bridgehead atoms. The Morgan fingerprint density at radius 2 is 1.12 bits per heavy atom. The second-order valence-electron chi connectivity index (χ2n) is 12.2. The van der Waals surface area contributed by atoms with E-state index in [0.717, 1.165) is 39.0 Å². The number of aryl methyl sites for hydroxylation is 2. The first-order valence-corrected chi connectivity index (χ1v) is 16.0. The fourth-order valence-electron chi connectivity index (χ4n) is 6.59. The van der Waals surface area contributed by atoms with Gasteiger partial charge in [0.2, 0.25) is 0 Å². The van der Waals surface area contributed by atoms with Gasteiger partial charge in [0.25, 0.3) is 0 Å². The molecule has 0 atom stereocenters. The standard InChI is InChI=1S/C22H15N.C13H9NO.C9H10O/c1-14-6-4-7-15(12-14)21-13-19-17-9-3-2-8-16(17)18-10-5-11-20(23-21)22(18)19;14-11-7-3-6-9-8-4-1-2-5-10(8)13(15)12(9)11;1-7-4-3-5-9(6-7)8(2)10/h2-13H,1H3;1-7H,14H2;3-6H,1-2H3. The Morgan fingerprint density at radius 3 is 1.79 bits per heavy atom. The molecule has 4 heteroatoms. The van der Waals surface area contributed by atoms with Crippen molar-refractivity contribution in [3.05, 3.63) is 167 Å². The molecule has 7 aromatic rings. The maximum Gasteiger partial charge on any atom is 0.196 e. The average Bonchev–Trinajstić information content (AvgIpc) is 3.59. The van der Waals surface area contributed by atoms with Gasteiger partial charge in [-0.25, -0.2) is 4.98 Å². The van der Waals surface area contributed by atoms with E-state index in [1.54, 1.807) is 13.0 Å². The summed E-state index contributed by atoms with van der Waals surface area (Å²) in [6, 6.07) is 46.7. The van der Waals surface area contributed by atoms with Crippen molar-refractivity contribution in [1.82, 2.24) is 4.98 Å². The van der Waals surface area contributed by atoms with Gasteiger partial charge >= 0.3 is 0 Å². The van der Waals surface area contributed by atoms with Gasteiger partial charge in [-0.15, -0.1) is 0 Å². The van der Waals surface area contributed by atoms with Crippen LogP contribution < -0.4 is 5.73 Å². The summed E-state index contributed by atoms with van der Waals surface area (Å²) in [4.78, 5) is 27.8. The summed E-state index contributed by atoms with van der Waals surface area (Å²) in [5.74, 6) is 0.169. The Labute approximate surface area is 280 Å². The van der Waals surface area contributed by atoms with Crippen molar-refractivity contribution in [1.29, 1.82) is 0 Å². The van der Waals surface area contributed by atoms with E-state index in [9.17, 15) is 9.59 Å². The number of carbonyl (C=O) groups excluding carboxylic acids is 2. The van der Waals surface area contributed by atoms with Crippen LogP contribution in [0.2, 0.25) is 0 Å². The molecular formula is C44H34N2O2. The molecule has 1 aromatic heterocycles. The van der Waals surface area contributed by atoms with Gasteiger partial charge in [-0.2, -0.15) is 0 Å². The highest BCUT2D eigenvalue weighted by atomic mass is 16.1. The van der Waals surface area contributed by atoms with Gasteiger partial charge in [0.05, 0.1) is 16.8 Å². The number of aromatic nitrogens is 1. The third kappa shape index (κ3) is 5.58. The molecule has 2 aliphatic rings. The second-order valence-corrected chi connectivity index (χ2v) is 12.2. The van der Waals surface area contributed by atoms with Crippen LogP contribution in [0.1, 0.15) is 44.3 Å². The molecule has 6 aromatic carbocycles. The third-order valence-corrected chi connectivity index (χ3v) is 8.87. The van der Waals surface area contributed by atoms with E-state index in [4.69, 9.17) is 10.7 Å². The zero-order chi connectivity index (χ0) is 33.4. The van der Waals surface area contributed by atoms with E-state index in [-0.39, 0.29) is 11.6 Å². The first kappa shape index (κ1) is 30.5. The summed E-state index contributed by atoms with van der Waals surface area (Å²) >= 11 is 0. The molecule has 232 valence electrons. The molecular weight excluding hydrogens is 588 g/mol. The molecule has 0 fully saturated rings. The Bertz CT molecular complexity index is 2390. The summed E-state index contributed by atoms with van der Waals surface area (Å²) in [5, 5.41) is 1.28. The van der Waals surface area contributed by atoms with Crippen molar-refractivity contribution in [2.75, 3.05) is 5.73 Å². The Balaban J connectivity index is 0.000000125. The van der Waals surface area contributed by atoms with Crippen LogP contribution in [0.15, 0.2) is 140 Å². The summed E-state index contributed by atoms with van der Waals surface area (Å²) in [6.07, 6.45) is 0. The number of benzene rings is 6. The maximum absolute atomic E-state index is 12.0. The van der Waals surface area contributed by atoms with Crippen LogP contribution in [-0.4, -0.2) is 16.6 Å². The summed E-state index contributed by atoms with van der Waals surface area (Å²) in [7, 11) is 0. The first-order valence-electron chi connectivity index (χ1n) is 16.0. The van der Waals surface area contributed by atoms with Crippen molar-refractivity contribution in [2.24, 2.45) is 0 Å². The minimum Gasteiger partial charge on any atom is -0.398 e. The first-order chi connectivity index (χ1) is 23.3. The van der Waals surface area contributed by atoms with Crippen molar-refractivity contribution >= 4 is 28.2 Å². The van der Waals surface area contributed by atoms with Crippen molar-refractivity contribution in [3.8, 4) is 44.6 Å². The number of hydrogen-bond acceptors (Lipinski definition) is 4. The number of nitrogens with zero attached hydrogens (tertiary/aromatic N) is 1. The molecule has 0 saturated carbocycles. The minimum absolute atomic E-state index is 0.0405. The number of Topliss-reactive ketones (excluding diaryl/α,β-unsaturated/α-hetero) is 1. The van der Waals surface area contributed by atoms with E-state index >= 15 is 0 Å². The Morgan fingerprint density at radius 1 is 0.562 bits per heavy atom. The van der Waals surface area contributed by atoms with Crippen molar-refractivity contribution in [2.45, 2.75) is 20.8 Å². The summed E-state index contributed by atoms with van der Waals surface area (Å²) in [5.41, 5.74) is 21.5. The number of nitrogens with two attached hydrogens (primary N) is 1. The summed E-state index contributed by atoms with van der Waals surface area (Å²) < 4.78 is 0. The van der Waals surface area contributed by atoms with Crippen LogP contribution in [0.4, 0.5) is 5.69 Å². The summed E-state index contributed by atoms with van der Waals surface area (Å²) in [6.45, 7) is 5.68. The zero-order valence-corrected chi connectivity index (χ0v) is 27.1.